The Balaban J connectivity index is 2.24. The van der Waals surface area contributed by atoms with Crippen LogP contribution < -0.4 is 11.1 Å². The Bertz CT molecular complexity index is 560. The number of aryl methyl sites for hydroxylation is 3. The lowest BCUT2D eigenvalue weighted by molar-refractivity contribution is 0.890. The summed E-state index contributed by atoms with van der Waals surface area (Å²) in [6.07, 6.45) is 0. The van der Waals surface area contributed by atoms with Crippen LogP contribution in [-0.2, 0) is 0 Å². The summed E-state index contributed by atoms with van der Waals surface area (Å²) in [4.78, 5) is 5.73. The second-order valence-corrected chi connectivity index (χ2v) is 5.82. The number of rotatable bonds is 3. The fourth-order valence-corrected chi connectivity index (χ4v) is 2.98. The molecule has 4 heteroatoms. The van der Waals surface area contributed by atoms with Crippen molar-refractivity contribution in [3.63, 3.8) is 0 Å². The van der Waals surface area contributed by atoms with Gasteiger partial charge >= 0.3 is 0 Å². The van der Waals surface area contributed by atoms with Gasteiger partial charge in [-0.1, -0.05) is 12.1 Å². The van der Waals surface area contributed by atoms with Crippen LogP contribution in [0.5, 0.6) is 0 Å². The van der Waals surface area contributed by atoms with Gasteiger partial charge in [-0.3, -0.25) is 0 Å². The number of benzene rings is 1. The molecule has 0 aliphatic heterocycles. The van der Waals surface area contributed by atoms with Crippen LogP contribution >= 0.6 is 11.3 Å². The van der Waals surface area contributed by atoms with Crippen molar-refractivity contribution in [2.75, 3.05) is 11.1 Å². The van der Waals surface area contributed by atoms with Crippen LogP contribution in [0.15, 0.2) is 18.2 Å². The highest BCUT2D eigenvalue weighted by Crippen LogP contribution is 2.30. The lowest BCUT2D eigenvalue weighted by atomic mass is 10.1. The van der Waals surface area contributed by atoms with Crippen molar-refractivity contribution in [1.29, 1.82) is 0 Å². The quantitative estimate of drug-likeness (QED) is 0.826. The summed E-state index contributed by atoms with van der Waals surface area (Å²) in [5.41, 5.74) is 10.1. The van der Waals surface area contributed by atoms with Gasteiger partial charge in [0.25, 0.3) is 0 Å². The number of para-hydroxylation sites is 1. The first-order chi connectivity index (χ1) is 8.49. The minimum absolute atomic E-state index is 0.222. The van der Waals surface area contributed by atoms with Crippen LogP contribution in [0.2, 0.25) is 0 Å². The van der Waals surface area contributed by atoms with E-state index in [-0.39, 0.29) is 6.04 Å². The van der Waals surface area contributed by atoms with Crippen LogP contribution in [0.4, 0.5) is 11.4 Å². The predicted octanol–water partition coefficient (Wildman–Crippen LogP) is 3.82. The fourth-order valence-electron chi connectivity index (χ4n) is 2.05. The van der Waals surface area contributed by atoms with E-state index in [9.17, 15) is 0 Å². The molecular formula is C14H19N3S. The first kappa shape index (κ1) is 12.9. The van der Waals surface area contributed by atoms with Crippen molar-refractivity contribution >= 4 is 22.7 Å². The molecule has 0 amide bonds. The SMILES string of the molecule is Cc1nc(C)c(C(C)Nc2cccc(C)c2N)s1. The van der Waals surface area contributed by atoms with Gasteiger partial charge in [-0.25, -0.2) is 4.98 Å². The summed E-state index contributed by atoms with van der Waals surface area (Å²) in [6.45, 7) is 8.25. The third-order valence-electron chi connectivity index (χ3n) is 3.03. The lowest BCUT2D eigenvalue weighted by Crippen LogP contribution is -2.08. The summed E-state index contributed by atoms with van der Waals surface area (Å²) >= 11 is 1.74. The third kappa shape index (κ3) is 2.48. The van der Waals surface area contributed by atoms with Gasteiger partial charge in [0, 0.05) is 4.88 Å². The summed E-state index contributed by atoms with van der Waals surface area (Å²) in [5.74, 6) is 0. The second-order valence-electron chi connectivity index (χ2n) is 4.58. The molecule has 2 aromatic rings. The smallest absolute Gasteiger partial charge is 0.0900 e. The van der Waals surface area contributed by atoms with Crippen LogP contribution in [0.3, 0.4) is 0 Å². The van der Waals surface area contributed by atoms with E-state index in [4.69, 9.17) is 5.73 Å². The Labute approximate surface area is 112 Å². The number of anilines is 2. The Morgan fingerprint density at radius 2 is 2.00 bits per heavy atom. The average Bonchev–Trinajstić information content (AvgIpc) is 2.64. The van der Waals surface area contributed by atoms with E-state index in [1.54, 1.807) is 11.3 Å². The zero-order chi connectivity index (χ0) is 13.3. The molecule has 0 radical (unpaired) electrons. The number of hydrogen-bond acceptors (Lipinski definition) is 4. The van der Waals surface area contributed by atoms with Gasteiger partial charge < -0.3 is 11.1 Å². The third-order valence-corrected chi connectivity index (χ3v) is 4.28. The van der Waals surface area contributed by atoms with Crippen molar-refractivity contribution in [2.24, 2.45) is 0 Å². The maximum Gasteiger partial charge on any atom is 0.0900 e. The average molecular weight is 261 g/mol. The van der Waals surface area contributed by atoms with Crippen LogP contribution in [0.25, 0.3) is 0 Å². The van der Waals surface area contributed by atoms with Gasteiger partial charge in [0.05, 0.1) is 28.1 Å². The zero-order valence-electron chi connectivity index (χ0n) is 11.2. The number of nitrogens with one attached hydrogen (secondary N) is 1. The molecule has 0 fully saturated rings. The molecule has 0 aliphatic carbocycles. The molecule has 0 saturated carbocycles. The van der Waals surface area contributed by atoms with E-state index in [1.165, 1.54) is 4.88 Å². The first-order valence-electron chi connectivity index (χ1n) is 6.04. The van der Waals surface area contributed by atoms with Gasteiger partial charge in [-0.15, -0.1) is 11.3 Å². The molecule has 1 heterocycles. The first-order valence-corrected chi connectivity index (χ1v) is 6.86. The van der Waals surface area contributed by atoms with Gasteiger partial charge in [-0.05, 0) is 39.3 Å². The van der Waals surface area contributed by atoms with Crippen LogP contribution in [0.1, 0.15) is 34.1 Å². The second kappa shape index (κ2) is 4.98. The van der Waals surface area contributed by atoms with E-state index >= 15 is 0 Å². The highest BCUT2D eigenvalue weighted by atomic mass is 32.1. The normalized spacial score (nSPS) is 12.4. The molecule has 0 aliphatic rings. The van der Waals surface area contributed by atoms with E-state index < -0.39 is 0 Å². The van der Waals surface area contributed by atoms with E-state index in [2.05, 4.69) is 24.1 Å². The van der Waals surface area contributed by atoms with Crippen molar-refractivity contribution in [2.45, 2.75) is 33.7 Å². The monoisotopic (exact) mass is 261 g/mol. The molecule has 2 rings (SSSR count). The van der Waals surface area contributed by atoms with Crippen LogP contribution in [-0.4, -0.2) is 4.98 Å². The largest absolute Gasteiger partial charge is 0.397 e. The highest BCUT2D eigenvalue weighted by molar-refractivity contribution is 7.11. The van der Waals surface area contributed by atoms with E-state index in [0.29, 0.717) is 0 Å². The highest BCUT2D eigenvalue weighted by Gasteiger charge is 2.14. The minimum Gasteiger partial charge on any atom is -0.397 e. The van der Waals surface area contributed by atoms with E-state index in [0.717, 1.165) is 27.6 Å². The molecule has 1 atom stereocenters. The summed E-state index contributed by atoms with van der Waals surface area (Å²) < 4.78 is 0. The lowest BCUT2D eigenvalue weighted by Gasteiger charge is -2.17. The Kier molecular flexibility index (Phi) is 3.57. The maximum absolute atomic E-state index is 6.08. The molecule has 18 heavy (non-hydrogen) atoms. The summed E-state index contributed by atoms with van der Waals surface area (Å²) in [6, 6.07) is 6.28. The van der Waals surface area contributed by atoms with Crippen molar-refractivity contribution in [3.05, 3.63) is 39.3 Å². The van der Waals surface area contributed by atoms with E-state index in [1.807, 2.05) is 32.0 Å². The van der Waals surface area contributed by atoms with Gasteiger partial charge in [0.1, 0.15) is 0 Å². The van der Waals surface area contributed by atoms with Crippen molar-refractivity contribution < 1.29 is 0 Å². The van der Waals surface area contributed by atoms with Gasteiger partial charge in [0.15, 0.2) is 0 Å². The van der Waals surface area contributed by atoms with Crippen molar-refractivity contribution in [3.8, 4) is 0 Å². The summed E-state index contributed by atoms with van der Waals surface area (Å²) in [7, 11) is 0. The number of nitrogen functional groups attached to an aromatic ring is 1. The van der Waals surface area contributed by atoms with Gasteiger partial charge in [0.2, 0.25) is 0 Å². The topological polar surface area (TPSA) is 50.9 Å². The molecule has 1 aromatic heterocycles. The molecule has 3 nitrogen and oxygen atoms in total. The number of nitrogens with zero attached hydrogens (tertiary/aromatic N) is 1. The molecular weight excluding hydrogens is 242 g/mol. The molecule has 3 N–H and O–H groups in total. The van der Waals surface area contributed by atoms with Crippen LogP contribution in [0, 0.1) is 20.8 Å². The molecule has 0 spiro atoms. The molecule has 0 bridgehead atoms. The molecule has 96 valence electrons. The fraction of sp³-hybridized carbons (Fsp3) is 0.357. The van der Waals surface area contributed by atoms with Crippen molar-refractivity contribution in [1.82, 2.24) is 4.98 Å². The zero-order valence-corrected chi connectivity index (χ0v) is 12.1. The Morgan fingerprint density at radius 1 is 1.28 bits per heavy atom. The molecule has 1 aromatic carbocycles. The maximum atomic E-state index is 6.08. The summed E-state index contributed by atoms with van der Waals surface area (Å²) in [5, 5.41) is 4.57. The van der Waals surface area contributed by atoms with Gasteiger partial charge in [-0.2, -0.15) is 0 Å². The number of nitrogens with two attached hydrogens (primary N) is 1. The standard InChI is InChI=1S/C14H19N3S/c1-8-6-5-7-12(13(8)15)17-10(3)14-9(2)16-11(4)18-14/h5-7,10,17H,15H2,1-4H3. The number of aromatic nitrogens is 1. The Morgan fingerprint density at radius 3 is 2.61 bits per heavy atom. The minimum atomic E-state index is 0.222. The Hall–Kier alpha value is -1.55. The molecule has 1 unspecified atom stereocenters. The molecule has 0 saturated heterocycles. The predicted molar refractivity (Wildman–Crippen MR) is 79.2 cm³/mol. The number of hydrogen-bond donors (Lipinski definition) is 2. The number of thiazole rings is 1.